The molecule has 220 valence electrons. The number of benzene rings is 1. The van der Waals surface area contributed by atoms with Gasteiger partial charge < -0.3 is 20.6 Å². The van der Waals surface area contributed by atoms with Crippen LogP contribution in [0.3, 0.4) is 0 Å². The van der Waals surface area contributed by atoms with Crippen molar-refractivity contribution in [3.05, 3.63) is 80.2 Å². The van der Waals surface area contributed by atoms with Gasteiger partial charge in [0, 0.05) is 41.8 Å². The number of anilines is 1. The van der Waals surface area contributed by atoms with Gasteiger partial charge in [-0.05, 0) is 67.2 Å². The summed E-state index contributed by atoms with van der Waals surface area (Å²) in [5.74, 6) is -2.14. The van der Waals surface area contributed by atoms with Gasteiger partial charge in [0.1, 0.15) is 12.1 Å². The fourth-order valence-electron chi connectivity index (χ4n) is 5.90. The number of rotatable bonds is 10. The molecule has 3 fully saturated rings. The second-order valence-electron chi connectivity index (χ2n) is 10.6. The third-order valence-corrected chi connectivity index (χ3v) is 9.46. The van der Waals surface area contributed by atoms with E-state index < -0.39 is 29.9 Å². The lowest BCUT2D eigenvalue weighted by molar-refractivity contribution is -0.154. The number of fused-ring (bicyclic) bond motifs is 3. The SMILES string of the molecule is O=C(Nc1ccc(CC(NC(=O)C2C3CCC(CC3)N2C(=O)CCc2cccs2)C(=O)O)cc1)c1c(Cl)cncc1Cl. The van der Waals surface area contributed by atoms with Crippen LogP contribution < -0.4 is 10.6 Å². The summed E-state index contributed by atoms with van der Waals surface area (Å²) in [5.41, 5.74) is 1.20. The van der Waals surface area contributed by atoms with Crippen LogP contribution in [0.4, 0.5) is 5.69 Å². The molecular weight excluding hydrogens is 599 g/mol. The van der Waals surface area contributed by atoms with Crippen molar-refractivity contribution < 1.29 is 24.3 Å². The molecule has 1 aromatic carbocycles. The first-order valence-electron chi connectivity index (χ1n) is 13.8. The molecule has 1 aliphatic carbocycles. The predicted octanol–water partition coefficient (Wildman–Crippen LogP) is 5.22. The van der Waals surface area contributed by atoms with Crippen molar-refractivity contribution in [2.75, 3.05) is 5.32 Å². The monoisotopic (exact) mass is 628 g/mol. The van der Waals surface area contributed by atoms with Crippen molar-refractivity contribution in [3.63, 3.8) is 0 Å². The molecule has 9 nitrogen and oxygen atoms in total. The lowest BCUT2D eigenvalue weighted by Gasteiger charge is -2.50. The Balaban J connectivity index is 1.23. The van der Waals surface area contributed by atoms with Crippen molar-refractivity contribution >= 4 is 63.9 Å². The van der Waals surface area contributed by atoms with Crippen LogP contribution in [0, 0.1) is 5.92 Å². The van der Waals surface area contributed by atoms with Crippen LogP contribution in [-0.4, -0.2) is 56.8 Å². The van der Waals surface area contributed by atoms with E-state index >= 15 is 0 Å². The van der Waals surface area contributed by atoms with E-state index in [1.54, 1.807) is 40.5 Å². The molecule has 2 aliphatic heterocycles. The molecule has 6 rings (SSSR count). The third-order valence-electron chi connectivity index (χ3n) is 7.95. The second kappa shape index (κ2) is 13.2. The molecular formula is C30H30Cl2N4O5S. The molecule has 12 heteroatoms. The molecule has 2 bridgehead atoms. The number of piperidine rings is 2. The number of nitrogens with one attached hydrogen (secondary N) is 2. The fraction of sp³-hybridized carbons (Fsp3) is 0.367. The van der Waals surface area contributed by atoms with Gasteiger partial charge in [0.25, 0.3) is 5.91 Å². The molecule has 2 atom stereocenters. The van der Waals surface area contributed by atoms with E-state index in [1.807, 2.05) is 17.5 Å². The van der Waals surface area contributed by atoms with Crippen LogP contribution in [0.2, 0.25) is 10.0 Å². The quantitative estimate of drug-likeness (QED) is 0.282. The van der Waals surface area contributed by atoms with Gasteiger partial charge in [0.15, 0.2) is 0 Å². The summed E-state index contributed by atoms with van der Waals surface area (Å²) in [6.45, 7) is 0. The highest BCUT2D eigenvalue weighted by atomic mass is 35.5. The zero-order chi connectivity index (χ0) is 29.8. The molecule has 2 unspecified atom stereocenters. The highest BCUT2D eigenvalue weighted by Gasteiger charge is 2.47. The topological polar surface area (TPSA) is 129 Å². The van der Waals surface area contributed by atoms with Gasteiger partial charge in [-0.3, -0.25) is 19.4 Å². The van der Waals surface area contributed by atoms with Crippen LogP contribution >= 0.6 is 34.5 Å². The van der Waals surface area contributed by atoms with E-state index in [9.17, 15) is 24.3 Å². The van der Waals surface area contributed by atoms with Crippen molar-refractivity contribution in [2.45, 2.75) is 63.1 Å². The average molecular weight is 630 g/mol. The summed E-state index contributed by atoms with van der Waals surface area (Å²) in [6.07, 6.45) is 7.04. The van der Waals surface area contributed by atoms with Crippen LogP contribution in [0.25, 0.3) is 0 Å². The average Bonchev–Trinajstić information content (AvgIpc) is 3.50. The Morgan fingerprint density at radius 1 is 1.02 bits per heavy atom. The predicted molar refractivity (Wildman–Crippen MR) is 161 cm³/mol. The zero-order valence-corrected chi connectivity index (χ0v) is 24.9. The number of aromatic nitrogens is 1. The van der Waals surface area contributed by atoms with Gasteiger partial charge in [-0.2, -0.15) is 0 Å². The minimum Gasteiger partial charge on any atom is -0.480 e. The Morgan fingerprint density at radius 2 is 1.71 bits per heavy atom. The van der Waals surface area contributed by atoms with Crippen molar-refractivity contribution in [3.8, 4) is 0 Å². The zero-order valence-electron chi connectivity index (χ0n) is 22.6. The minimum absolute atomic E-state index is 0.00419. The second-order valence-corrected chi connectivity index (χ2v) is 12.5. The number of aryl methyl sites for hydroxylation is 1. The standard InChI is InChI=1S/C30H30Cl2N4O5S/c31-22-15-33-16-23(32)26(22)28(38)34-19-7-3-17(4-8-19)14-24(30(40)41)35-29(39)27-18-5-9-20(10-6-18)36(27)25(37)12-11-21-2-1-13-42-21/h1-4,7-8,13,15-16,18,20,24,27H,5-6,9-12,14H2,(H,34,38)(H,35,39)(H,40,41). The Bertz CT molecular complexity index is 1440. The van der Waals surface area contributed by atoms with Crippen LogP contribution in [0.5, 0.6) is 0 Å². The highest BCUT2D eigenvalue weighted by Crippen LogP contribution is 2.40. The summed E-state index contributed by atoms with van der Waals surface area (Å²) >= 11 is 13.7. The lowest BCUT2D eigenvalue weighted by atomic mass is 9.74. The van der Waals surface area contributed by atoms with E-state index in [2.05, 4.69) is 15.6 Å². The molecule has 4 heterocycles. The van der Waals surface area contributed by atoms with E-state index in [0.29, 0.717) is 24.1 Å². The van der Waals surface area contributed by atoms with E-state index in [4.69, 9.17) is 23.2 Å². The number of carboxylic acids is 1. The summed E-state index contributed by atoms with van der Waals surface area (Å²) in [5, 5.41) is 17.6. The minimum atomic E-state index is -1.18. The summed E-state index contributed by atoms with van der Waals surface area (Å²) in [6, 6.07) is 8.71. The maximum Gasteiger partial charge on any atom is 0.326 e. The van der Waals surface area contributed by atoms with E-state index in [0.717, 1.165) is 30.6 Å². The van der Waals surface area contributed by atoms with Crippen molar-refractivity contribution in [1.82, 2.24) is 15.2 Å². The number of hydrogen-bond donors (Lipinski definition) is 3. The van der Waals surface area contributed by atoms with Gasteiger partial charge in [0.05, 0.1) is 15.6 Å². The molecule has 42 heavy (non-hydrogen) atoms. The summed E-state index contributed by atoms with van der Waals surface area (Å²) < 4.78 is 0. The number of aliphatic carboxylic acids is 1. The van der Waals surface area contributed by atoms with Gasteiger partial charge in [-0.1, -0.05) is 41.4 Å². The van der Waals surface area contributed by atoms with Gasteiger partial charge in [-0.15, -0.1) is 11.3 Å². The van der Waals surface area contributed by atoms with Gasteiger partial charge >= 0.3 is 5.97 Å². The maximum absolute atomic E-state index is 13.6. The Hall–Kier alpha value is -3.47. The number of carbonyl (C=O) groups excluding carboxylic acids is 3. The first kappa shape index (κ1) is 30.0. The maximum atomic E-state index is 13.6. The summed E-state index contributed by atoms with van der Waals surface area (Å²) in [7, 11) is 0. The number of amides is 3. The molecule has 3 aromatic rings. The smallest absolute Gasteiger partial charge is 0.326 e. The molecule has 2 aromatic heterocycles. The Kier molecular flexibility index (Phi) is 9.45. The van der Waals surface area contributed by atoms with Crippen molar-refractivity contribution in [1.29, 1.82) is 0 Å². The normalized spacial score (nSPS) is 20.1. The largest absolute Gasteiger partial charge is 0.480 e. The number of carbonyl (C=O) groups is 4. The van der Waals surface area contributed by atoms with Crippen LogP contribution in [-0.2, 0) is 27.2 Å². The fourth-order valence-corrected chi connectivity index (χ4v) is 7.15. The number of nitrogens with zero attached hydrogens (tertiary/aromatic N) is 2. The number of pyridine rings is 1. The molecule has 0 radical (unpaired) electrons. The highest BCUT2D eigenvalue weighted by molar-refractivity contribution is 7.09. The number of thiophene rings is 1. The van der Waals surface area contributed by atoms with Crippen molar-refractivity contribution in [2.24, 2.45) is 5.92 Å². The first-order chi connectivity index (χ1) is 20.2. The number of halogens is 2. The number of hydrogen-bond acceptors (Lipinski definition) is 6. The van der Waals surface area contributed by atoms with E-state index in [-0.39, 0.29) is 39.9 Å². The Morgan fingerprint density at radius 3 is 2.33 bits per heavy atom. The summed E-state index contributed by atoms with van der Waals surface area (Å²) in [4.78, 5) is 58.4. The molecule has 0 spiro atoms. The van der Waals surface area contributed by atoms with Crippen LogP contribution in [0.1, 0.15) is 52.9 Å². The van der Waals surface area contributed by atoms with Gasteiger partial charge in [-0.25, -0.2) is 4.79 Å². The third kappa shape index (κ3) is 6.77. The van der Waals surface area contributed by atoms with E-state index in [1.165, 1.54) is 12.4 Å². The molecule has 3 aliphatic rings. The molecule has 2 saturated heterocycles. The lowest BCUT2D eigenvalue weighted by Crippen LogP contribution is -2.64. The number of carboxylic acid groups (broad SMARTS) is 1. The Labute approximate surface area is 257 Å². The first-order valence-corrected chi connectivity index (χ1v) is 15.4. The molecule has 1 saturated carbocycles. The molecule has 3 amide bonds. The van der Waals surface area contributed by atoms with Crippen LogP contribution in [0.15, 0.2) is 54.2 Å². The molecule has 3 N–H and O–H groups in total. The van der Waals surface area contributed by atoms with Gasteiger partial charge in [0.2, 0.25) is 11.8 Å².